The minimum atomic E-state index is 0.687. The van der Waals surface area contributed by atoms with Crippen molar-refractivity contribution in [1.29, 1.82) is 0 Å². The minimum absolute atomic E-state index is 0.687. The molecule has 4 rings (SSSR count). The molecule has 2 aromatic heterocycles. The molecule has 1 N–H and O–H groups in total. The normalized spacial score (nSPS) is 11.0. The summed E-state index contributed by atoms with van der Waals surface area (Å²) in [6.45, 7) is 2.80. The molecule has 0 radical (unpaired) electrons. The Morgan fingerprint density at radius 2 is 1.96 bits per heavy atom. The number of nitrogens with one attached hydrogen (secondary N) is 1. The van der Waals surface area contributed by atoms with E-state index in [9.17, 15) is 0 Å². The van der Waals surface area contributed by atoms with Crippen molar-refractivity contribution >= 4 is 27.2 Å². The van der Waals surface area contributed by atoms with Gasteiger partial charge in [0.15, 0.2) is 0 Å². The Labute approximate surface area is 138 Å². The molecule has 0 bridgehead atoms. The van der Waals surface area contributed by atoms with Gasteiger partial charge in [-0.05, 0) is 61.0 Å². The number of aryl methyl sites for hydroxylation is 1. The average molecular weight is 320 g/mol. The summed E-state index contributed by atoms with van der Waals surface area (Å²) in [5.74, 6) is 0.926. The number of benzene rings is 2. The molecule has 0 aliphatic rings. The molecule has 0 atom stereocenters. The highest BCUT2D eigenvalue weighted by Crippen LogP contribution is 2.31. The predicted molar refractivity (Wildman–Crippen MR) is 95.8 cm³/mol. The highest BCUT2D eigenvalue weighted by Gasteiger charge is 2.06. The summed E-state index contributed by atoms with van der Waals surface area (Å²) < 4.78 is 6.56. The first-order valence-electron chi connectivity index (χ1n) is 7.52. The Balaban J connectivity index is 1.54. The van der Waals surface area contributed by atoms with E-state index in [0.29, 0.717) is 6.54 Å². The van der Waals surface area contributed by atoms with Crippen molar-refractivity contribution in [2.45, 2.75) is 13.5 Å². The van der Waals surface area contributed by atoms with Gasteiger partial charge < -0.3 is 9.73 Å². The molecular formula is C19H16N2OS. The number of furan rings is 1. The van der Waals surface area contributed by atoms with E-state index in [1.807, 2.05) is 12.1 Å². The largest absolute Gasteiger partial charge is 0.467 e. The number of anilines is 1. The fourth-order valence-corrected chi connectivity index (χ4v) is 3.56. The first-order chi connectivity index (χ1) is 11.3. The van der Waals surface area contributed by atoms with E-state index in [2.05, 4.69) is 54.7 Å². The number of aromatic nitrogens is 1. The van der Waals surface area contributed by atoms with Crippen LogP contribution >= 0.6 is 11.3 Å². The predicted octanol–water partition coefficient (Wildman–Crippen LogP) is 5.48. The van der Waals surface area contributed by atoms with Crippen LogP contribution in [0.2, 0.25) is 0 Å². The molecular weight excluding hydrogens is 304 g/mol. The summed E-state index contributed by atoms with van der Waals surface area (Å²) in [6.07, 6.45) is 1.69. The third kappa shape index (κ3) is 2.98. The molecule has 0 saturated carbocycles. The number of thiazole rings is 1. The number of fused-ring (bicyclic) bond motifs is 1. The third-order valence-corrected chi connectivity index (χ3v) is 4.79. The van der Waals surface area contributed by atoms with Crippen molar-refractivity contribution < 1.29 is 4.42 Å². The zero-order valence-corrected chi connectivity index (χ0v) is 13.6. The van der Waals surface area contributed by atoms with Crippen LogP contribution in [0.15, 0.2) is 65.3 Å². The molecule has 0 saturated heterocycles. The number of nitrogens with zero attached hydrogens (tertiary/aromatic N) is 1. The van der Waals surface area contributed by atoms with Gasteiger partial charge in [-0.25, -0.2) is 4.98 Å². The molecule has 4 aromatic rings. The van der Waals surface area contributed by atoms with Gasteiger partial charge >= 0.3 is 0 Å². The fraction of sp³-hybridized carbons (Fsp3) is 0.105. The SMILES string of the molecule is Cc1ccc2nc(-c3ccc(NCc4ccco4)cc3)sc2c1. The highest BCUT2D eigenvalue weighted by molar-refractivity contribution is 7.21. The van der Waals surface area contributed by atoms with Crippen molar-refractivity contribution in [2.24, 2.45) is 0 Å². The maximum absolute atomic E-state index is 5.32. The molecule has 0 aliphatic carbocycles. The van der Waals surface area contributed by atoms with Gasteiger partial charge in [-0.15, -0.1) is 11.3 Å². The second-order valence-corrected chi connectivity index (χ2v) is 6.53. The van der Waals surface area contributed by atoms with Gasteiger partial charge in [-0.1, -0.05) is 6.07 Å². The summed E-state index contributed by atoms with van der Waals surface area (Å²) >= 11 is 1.74. The number of hydrogen-bond donors (Lipinski definition) is 1. The Hall–Kier alpha value is -2.59. The van der Waals surface area contributed by atoms with Crippen molar-refractivity contribution in [2.75, 3.05) is 5.32 Å². The Morgan fingerprint density at radius 3 is 2.74 bits per heavy atom. The summed E-state index contributed by atoms with van der Waals surface area (Å²) in [5.41, 5.74) is 4.55. The lowest BCUT2D eigenvalue weighted by atomic mass is 10.2. The maximum Gasteiger partial charge on any atom is 0.124 e. The molecule has 3 nitrogen and oxygen atoms in total. The quantitative estimate of drug-likeness (QED) is 0.541. The second kappa shape index (κ2) is 5.89. The average Bonchev–Trinajstić information content (AvgIpc) is 3.22. The molecule has 2 heterocycles. The van der Waals surface area contributed by atoms with Crippen LogP contribution in [0.1, 0.15) is 11.3 Å². The lowest BCUT2D eigenvalue weighted by Gasteiger charge is -2.05. The molecule has 0 amide bonds. The molecule has 0 fully saturated rings. The summed E-state index contributed by atoms with van der Waals surface area (Å²) in [6, 6.07) is 18.6. The zero-order chi connectivity index (χ0) is 15.6. The Bertz CT molecular complexity index is 924. The van der Waals surface area contributed by atoms with Gasteiger partial charge in [0.05, 0.1) is 23.0 Å². The lowest BCUT2D eigenvalue weighted by Crippen LogP contribution is -1.97. The van der Waals surface area contributed by atoms with E-state index in [1.54, 1.807) is 17.6 Å². The standard InChI is InChI=1S/C19H16N2OS/c1-13-4-9-17-18(11-13)23-19(21-17)14-5-7-15(8-6-14)20-12-16-3-2-10-22-16/h2-11,20H,12H2,1H3. The van der Waals surface area contributed by atoms with Crippen molar-refractivity contribution in [3.05, 3.63) is 72.2 Å². The van der Waals surface area contributed by atoms with Gasteiger partial charge in [-0.2, -0.15) is 0 Å². The lowest BCUT2D eigenvalue weighted by molar-refractivity contribution is 0.518. The van der Waals surface area contributed by atoms with Crippen LogP contribution < -0.4 is 5.32 Å². The molecule has 114 valence electrons. The smallest absolute Gasteiger partial charge is 0.124 e. The van der Waals surface area contributed by atoms with Crippen molar-refractivity contribution in [3.63, 3.8) is 0 Å². The van der Waals surface area contributed by atoms with Crippen LogP contribution in [0.3, 0.4) is 0 Å². The monoisotopic (exact) mass is 320 g/mol. The van der Waals surface area contributed by atoms with Gasteiger partial charge in [0.1, 0.15) is 10.8 Å². The molecule has 23 heavy (non-hydrogen) atoms. The number of hydrogen-bond acceptors (Lipinski definition) is 4. The van der Waals surface area contributed by atoms with Crippen LogP contribution in [-0.2, 0) is 6.54 Å². The minimum Gasteiger partial charge on any atom is -0.467 e. The highest BCUT2D eigenvalue weighted by atomic mass is 32.1. The van der Waals surface area contributed by atoms with E-state index in [1.165, 1.54) is 10.3 Å². The third-order valence-electron chi connectivity index (χ3n) is 3.72. The molecule has 0 spiro atoms. The summed E-state index contributed by atoms with van der Waals surface area (Å²) in [5, 5.41) is 4.41. The molecule has 2 aromatic carbocycles. The van der Waals surface area contributed by atoms with Crippen LogP contribution in [0.5, 0.6) is 0 Å². The van der Waals surface area contributed by atoms with Gasteiger partial charge in [-0.3, -0.25) is 0 Å². The van der Waals surface area contributed by atoms with Crippen LogP contribution in [-0.4, -0.2) is 4.98 Å². The Kier molecular flexibility index (Phi) is 3.60. The second-order valence-electron chi connectivity index (χ2n) is 5.50. The van der Waals surface area contributed by atoms with Crippen LogP contribution in [0.4, 0.5) is 5.69 Å². The topological polar surface area (TPSA) is 38.1 Å². The Morgan fingerprint density at radius 1 is 1.09 bits per heavy atom. The zero-order valence-electron chi connectivity index (χ0n) is 12.7. The first kappa shape index (κ1) is 14.0. The van der Waals surface area contributed by atoms with E-state index >= 15 is 0 Å². The molecule has 0 unspecified atom stereocenters. The van der Waals surface area contributed by atoms with Crippen LogP contribution in [0.25, 0.3) is 20.8 Å². The van der Waals surface area contributed by atoms with Crippen molar-refractivity contribution in [1.82, 2.24) is 4.98 Å². The van der Waals surface area contributed by atoms with E-state index in [4.69, 9.17) is 9.40 Å². The maximum atomic E-state index is 5.32. The van der Waals surface area contributed by atoms with Gasteiger partial charge in [0.25, 0.3) is 0 Å². The van der Waals surface area contributed by atoms with Crippen molar-refractivity contribution in [3.8, 4) is 10.6 Å². The van der Waals surface area contributed by atoms with Crippen LogP contribution in [0, 0.1) is 6.92 Å². The molecule has 0 aliphatic heterocycles. The number of rotatable bonds is 4. The van der Waals surface area contributed by atoms with E-state index in [-0.39, 0.29) is 0 Å². The summed E-state index contributed by atoms with van der Waals surface area (Å²) in [4.78, 5) is 4.72. The van der Waals surface area contributed by atoms with E-state index in [0.717, 1.165) is 27.5 Å². The fourth-order valence-electron chi connectivity index (χ4n) is 2.49. The summed E-state index contributed by atoms with van der Waals surface area (Å²) in [7, 11) is 0. The van der Waals surface area contributed by atoms with Gasteiger partial charge in [0.2, 0.25) is 0 Å². The van der Waals surface area contributed by atoms with E-state index < -0.39 is 0 Å². The molecule has 4 heteroatoms. The van der Waals surface area contributed by atoms with Gasteiger partial charge in [0, 0.05) is 11.3 Å². The first-order valence-corrected chi connectivity index (χ1v) is 8.33.